The largest absolute Gasteiger partial charge is 0.497 e. The lowest BCUT2D eigenvalue weighted by Crippen LogP contribution is -2.20. The highest BCUT2D eigenvalue weighted by atomic mass is 35.5. The zero-order valence-corrected chi connectivity index (χ0v) is 19.9. The van der Waals surface area contributed by atoms with Gasteiger partial charge in [-0.15, -0.1) is 10.2 Å². The van der Waals surface area contributed by atoms with Crippen molar-refractivity contribution in [1.29, 1.82) is 0 Å². The second-order valence-electron chi connectivity index (χ2n) is 7.62. The molecule has 0 unspecified atom stereocenters. The van der Waals surface area contributed by atoms with Gasteiger partial charge < -0.3 is 19.9 Å². The molecule has 0 aliphatic rings. The highest BCUT2D eigenvalue weighted by Gasteiger charge is 2.23. The Bertz CT molecular complexity index is 1100. The lowest BCUT2D eigenvalue weighted by Gasteiger charge is -2.22. The average molecular weight is 478 g/mol. The van der Waals surface area contributed by atoms with Gasteiger partial charge in [0.05, 0.1) is 32.2 Å². The second-order valence-corrected chi connectivity index (χ2v) is 9.76. The van der Waals surface area contributed by atoms with E-state index in [1.807, 2.05) is 26.0 Å². The third kappa shape index (κ3) is 5.82. The number of anilines is 1. The first kappa shape index (κ1) is 24.1. The Morgan fingerprint density at radius 3 is 2.56 bits per heavy atom. The molecule has 9 heteroatoms. The summed E-state index contributed by atoms with van der Waals surface area (Å²) in [5.41, 5.74) is 2.16. The Kier molecular flexibility index (Phi) is 7.82. The van der Waals surface area contributed by atoms with Gasteiger partial charge in [-0.2, -0.15) is 0 Å². The first-order chi connectivity index (χ1) is 15.3. The predicted octanol–water partition coefficient (Wildman–Crippen LogP) is 5.43. The summed E-state index contributed by atoms with van der Waals surface area (Å²) < 4.78 is 24.7. The molecule has 3 rings (SSSR count). The Morgan fingerprint density at radius 2 is 1.88 bits per heavy atom. The maximum absolute atomic E-state index is 14.4. The Balaban J connectivity index is 1.98. The third-order valence-corrected chi connectivity index (χ3v) is 6.09. The highest BCUT2D eigenvalue weighted by Crippen LogP contribution is 2.37. The van der Waals surface area contributed by atoms with Crippen molar-refractivity contribution in [2.24, 2.45) is 0 Å². The van der Waals surface area contributed by atoms with Crippen molar-refractivity contribution in [2.45, 2.75) is 30.2 Å². The average Bonchev–Trinajstić information content (AvgIpc) is 2.79. The summed E-state index contributed by atoms with van der Waals surface area (Å²) in [7, 11) is 3.19. The van der Waals surface area contributed by atoms with Crippen molar-refractivity contribution in [3.8, 4) is 22.8 Å². The van der Waals surface area contributed by atoms with Crippen LogP contribution in [0.1, 0.15) is 19.4 Å². The van der Waals surface area contributed by atoms with E-state index in [1.54, 1.807) is 26.4 Å². The molecule has 0 saturated heterocycles. The molecule has 1 aromatic heterocycles. The van der Waals surface area contributed by atoms with Gasteiger partial charge in [0.15, 0.2) is 0 Å². The number of hydrogen-bond donors (Lipinski definition) is 2. The number of thioether (sulfide) groups is 1. The smallest absolute Gasteiger partial charge is 0.143 e. The van der Waals surface area contributed by atoms with Crippen LogP contribution in [0.4, 0.5) is 10.1 Å². The fourth-order valence-corrected chi connectivity index (χ4v) is 3.97. The summed E-state index contributed by atoms with van der Waals surface area (Å²) in [5.74, 6) is 0.920. The molecule has 170 valence electrons. The van der Waals surface area contributed by atoms with Gasteiger partial charge in [-0.1, -0.05) is 23.4 Å². The normalized spacial score (nSPS) is 11.3. The molecule has 3 aromatic rings. The zero-order chi connectivity index (χ0) is 23.3. The van der Waals surface area contributed by atoms with Crippen LogP contribution in [-0.2, 0) is 6.54 Å². The molecule has 2 aromatic carbocycles. The van der Waals surface area contributed by atoms with Crippen LogP contribution in [0.5, 0.6) is 11.5 Å². The van der Waals surface area contributed by atoms with Crippen LogP contribution in [0, 0.1) is 5.82 Å². The Hall–Kier alpha value is -2.55. The quantitative estimate of drug-likeness (QED) is 0.398. The number of ether oxygens (including phenoxy) is 2. The molecular weight excluding hydrogens is 453 g/mol. The van der Waals surface area contributed by atoms with Gasteiger partial charge in [0.25, 0.3) is 0 Å². The Morgan fingerprint density at radius 1 is 1.09 bits per heavy atom. The van der Waals surface area contributed by atoms with Gasteiger partial charge >= 0.3 is 0 Å². The van der Waals surface area contributed by atoms with E-state index in [2.05, 4.69) is 15.5 Å². The minimum Gasteiger partial charge on any atom is -0.497 e. The topological polar surface area (TPSA) is 76.5 Å². The summed E-state index contributed by atoms with van der Waals surface area (Å²) in [4.78, 5) is 0. The van der Waals surface area contributed by atoms with Crippen LogP contribution < -0.4 is 14.8 Å². The maximum atomic E-state index is 14.4. The molecular formula is C23H25ClFN3O3S. The molecule has 0 aliphatic heterocycles. The molecule has 6 nitrogen and oxygen atoms in total. The molecule has 0 aliphatic carbocycles. The lowest BCUT2D eigenvalue weighted by molar-refractivity contribution is 0.265. The summed E-state index contributed by atoms with van der Waals surface area (Å²) in [6.07, 6.45) is 0. The van der Waals surface area contributed by atoms with E-state index in [4.69, 9.17) is 21.1 Å². The van der Waals surface area contributed by atoms with E-state index in [0.717, 1.165) is 5.56 Å². The minimum absolute atomic E-state index is 0.0459. The molecule has 0 atom stereocenters. The van der Waals surface area contributed by atoms with E-state index in [9.17, 15) is 9.50 Å². The lowest BCUT2D eigenvalue weighted by atomic mass is 10.1. The molecule has 0 spiro atoms. The van der Waals surface area contributed by atoms with Crippen molar-refractivity contribution >= 4 is 29.1 Å². The monoisotopic (exact) mass is 477 g/mol. The maximum Gasteiger partial charge on any atom is 0.143 e. The highest BCUT2D eigenvalue weighted by molar-refractivity contribution is 8.00. The molecule has 32 heavy (non-hydrogen) atoms. The van der Waals surface area contributed by atoms with E-state index >= 15 is 0 Å². The van der Waals surface area contributed by atoms with E-state index < -0.39 is 10.6 Å². The summed E-state index contributed by atoms with van der Waals surface area (Å²) in [6, 6.07) is 11.6. The number of halogens is 2. The van der Waals surface area contributed by atoms with Gasteiger partial charge in [-0.25, -0.2) is 4.39 Å². The van der Waals surface area contributed by atoms with Crippen LogP contribution in [0.15, 0.2) is 47.5 Å². The number of methoxy groups -OCH3 is 2. The second kappa shape index (κ2) is 10.4. The first-order valence-electron chi connectivity index (χ1n) is 9.84. The molecule has 0 amide bonds. The van der Waals surface area contributed by atoms with E-state index in [1.165, 1.54) is 30.0 Å². The van der Waals surface area contributed by atoms with Gasteiger partial charge in [-0.3, -0.25) is 0 Å². The molecule has 2 N–H and O–H groups in total. The number of nitrogens with zero attached hydrogens (tertiary/aromatic N) is 2. The molecule has 0 saturated carbocycles. The number of aliphatic hydroxyl groups excluding tert-OH is 1. The van der Waals surface area contributed by atoms with Gasteiger partial charge in [-0.05, 0) is 50.2 Å². The fourth-order valence-electron chi connectivity index (χ4n) is 2.89. The van der Waals surface area contributed by atoms with Gasteiger partial charge in [0, 0.05) is 33.5 Å². The van der Waals surface area contributed by atoms with Crippen LogP contribution >= 0.6 is 23.4 Å². The number of hydrogen-bond acceptors (Lipinski definition) is 7. The minimum atomic E-state index is -0.480. The van der Waals surface area contributed by atoms with Crippen LogP contribution in [0.25, 0.3) is 11.3 Å². The van der Waals surface area contributed by atoms with Crippen LogP contribution in [-0.4, -0.2) is 40.9 Å². The fraction of sp³-hybridized carbons (Fsp3) is 0.304. The summed E-state index contributed by atoms with van der Waals surface area (Å²) >= 11 is 7.43. The Labute approximate surface area is 196 Å². The number of aliphatic hydroxyl groups is 1. The molecule has 0 radical (unpaired) electrons. The van der Waals surface area contributed by atoms with Crippen LogP contribution in [0.3, 0.4) is 0 Å². The van der Waals surface area contributed by atoms with Crippen LogP contribution in [0.2, 0.25) is 5.02 Å². The first-order valence-corrected chi connectivity index (χ1v) is 11.0. The molecule has 1 heterocycles. The summed E-state index contributed by atoms with van der Waals surface area (Å²) in [5, 5.41) is 22.6. The number of benzene rings is 2. The SMILES string of the molecule is COc1ccc(CNc2cc(-c3cc(Cl)ccc3F)nnc2SC(C)(C)CO)c(OC)c1. The number of rotatable bonds is 9. The molecule has 0 bridgehead atoms. The third-order valence-electron chi connectivity index (χ3n) is 4.68. The van der Waals surface area contributed by atoms with Gasteiger partial charge in [0.1, 0.15) is 22.3 Å². The van der Waals surface area contributed by atoms with Crippen molar-refractivity contribution in [2.75, 3.05) is 26.1 Å². The summed E-state index contributed by atoms with van der Waals surface area (Å²) in [6.45, 7) is 4.18. The van der Waals surface area contributed by atoms with Crippen molar-refractivity contribution in [3.63, 3.8) is 0 Å². The standard InChI is InChI=1S/C23H25ClFN3O3S/c1-23(2,13-29)32-22-20(26-12-14-5-7-16(30-3)10-21(14)31-4)11-19(27-28-22)17-9-15(24)6-8-18(17)25/h5-11,29H,12-13H2,1-4H3,(H,26,27). The zero-order valence-electron chi connectivity index (χ0n) is 18.3. The molecule has 0 fully saturated rings. The number of nitrogens with one attached hydrogen (secondary N) is 1. The number of aromatic nitrogens is 2. The van der Waals surface area contributed by atoms with Crippen molar-refractivity contribution in [3.05, 3.63) is 58.9 Å². The van der Waals surface area contributed by atoms with E-state index in [-0.39, 0.29) is 12.2 Å². The van der Waals surface area contributed by atoms with Gasteiger partial charge in [0.2, 0.25) is 0 Å². The van der Waals surface area contributed by atoms with Crippen molar-refractivity contribution in [1.82, 2.24) is 10.2 Å². The van der Waals surface area contributed by atoms with Crippen molar-refractivity contribution < 1.29 is 19.0 Å². The van der Waals surface area contributed by atoms with E-state index in [0.29, 0.717) is 39.5 Å². The predicted molar refractivity (Wildman–Crippen MR) is 126 cm³/mol.